The maximum absolute atomic E-state index is 12.8. The Morgan fingerprint density at radius 1 is 1.00 bits per heavy atom. The molecule has 0 aromatic heterocycles. The van der Waals surface area contributed by atoms with Crippen molar-refractivity contribution in [2.45, 2.75) is 101 Å². The minimum Gasteiger partial charge on any atom is -0.829 e. The molecule has 8 heteroatoms. The lowest BCUT2D eigenvalue weighted by Gasteiger charge is -2.53. The first-order valence-electron chi connectivity index (χ1n) is 12.7. The third-order valence-electron chi connectivity index (χ3n) is 7.00. The van der Waals surface area contributed by atoms with Crippen molar-refractivity contribution in [1.82, 2.24) is 4.90 Å². The average Bonchev–Trinajstić information content (AvgIpc) is 3.66. The fourth-order valence-electron chi connectivity index (χ4n) is 4.98. The fraction of sp³-hybridized carbons (Fsp3) is 0.731. The summed E-state index contributed by atoms with van der Waals surface area (Å²) in [4.78, 5) is 13.9. The Morgan fingerprint density at radius 2 is 1.68 bits per heavy atom. The molecule has 3 aliphatic heterocycles. The Labute approximate surface area is 202 Å². The van der Waals surface area contributed by atoms with Gasteiger partial charge in [-0.1, -0.05) is 68.9 Å². The van der Waals surface area contributed by atoms with Gasteiger partial charge in [0.2, 0.25) is 5.91 Å². The third-order valence-corrected chi connectivity index (χ3v) is 7.00. The number of hydrogen-bond acceptors (Lipinski definition) is 7. The van der Waals surface area contributed by atoms with Gasteiger partial charge in [0.1, 0.15) is 18.3 Å². The number of fused-ring (bicyclic) bond motifs is 1. The molecule has 3 fully saturated rings. The second kappa shape index (κ2) is 12.4. The zero-order chi connectivity index (χ0) is 23.9. The van der Waals surface area contributed by atoms with Crippen LogP contribution in [0, 0.1) is 0 Å². The Hall–Kier alpha value is -1.55. The monoisotopic (exact) mass is 476 g/mol. The first kappa shape index (κ1) is 25.5. The van der Waals surface area contributed by atoms with E-state index in [4.69, 9.17) is 18.9 Å². The second-order valence-corrected chi connectivity index (χ2v) is 9.63. The smallest absolute Gasteiger partial charge is 0.219 e. The summed E-state index contributed by atoms with van der Waals surface area (Å²) < 4.78 is 22.6. The van der Waals surface area contributed by atoms with Crippen LogP contribution in [-0.2, 0) is 23.7 Å². The summed E-state index contributed by atoms with van der Waals surface area (Å²) in [7, 11) is 0. The van der Waals surface area contributed by atoms with Gasteiger partial charge in [0, 0.05) is 25.3 Å². The lowest BCUT2D eigenvalue weighted by atomic mass is 9.94. The van der Waals surface area contributed by atoms with Crippen molar-refractivity contribution in [3.8, 4) is 0 Å². The molecule has 7 atom stereocenters. The molecular formula is C26H38NO7-. The number of rotatable bonds is 12. The van der Waals surface area contributed by atoms with Crippen LogP contribution in [0.1, 0.15) is 70.1 Å². The molecule has 3 aliphatic rings. The van der Waals surface area contributed by atoms with Crippen molar-refractivity contribution in [3.05, 3.63) is 35.9 Å². The van der Waals surface area contributed by atoms with Gasteiger partial charge in [0.05, 0.1) is 25.4 Å². The SMILES string of the molecule is CC(=O)N(CCCCCCCCCC1CO1)[C@@H]1[C@@H](O)[C@@H]2OC(c3ccccc3)OC[C@H]2O[C@H]1[O-]. The van der Waals surface area contributed by atoms with E-state index in [1.54, 1.807) is 0 Å². The quantitative estimate of drug-likeness (QED) is 0.365. The second-order valence-electron chi connectivity index (χ2n) is 9.63. The molecule has 190 valence electrons. The van der Waals surface area contributed by atoms with Gasteiger partial charge in [-0.25, -0.2) is 0 Å². The number of aliphatic hydroxyl groups excluding tert-OH is 1. The van der Waals surface area contributed by atoms with E-state index in [0.29, 0.717) is 12.6 Å². The van der Waals surface area contributed by atoms with E-state index in [1.165, 1.54) is 43.9 Å². The van der Waals surface area contributed by atoms with Crippen LogP contribution in [0.2, 0.25) is 0 Å². The van der Waals surface area contributed by atoms with Gasteiger partial charge in [0.25, 0.3) is 0 Å². The Bertz CT molecular complexity index is 759. The normalized spacial score (nSPS) is 32.7. The molecule has 0 bridgehead atoms. The fourth-order valence-corrected chi connectivity index (χ4v) is 4.98. The minimum absolute atomic E-state index is 0.153. The molecule has 0 aliphatic carbocycles. The highest BCUT2D eigenvalue weighted by Gasteiger charge is 2.48. The minimum atomic E-state index is -1.55. The Morgan fingerprint density at radius 3 is 2.35 bits per heavy atom. The van der Waals surface area contributed by atoms with Gasteiger partial charge in [-0.15, -0.1) is 0 Å². The van der Waals surface area contributed by atoms with Gasteiger partial charge >= 0.3 is 0 Å². The first-order chi connectivity index (χ1) is 16.5. The summed E-state index contributed by atoms with van der Waals surface area (Å²) >= 11 is 0. The number of benzene rings is 1. The van der Waals surface area contributed by atoms with Crippen LogP contribution in [0.5, 0.6) is 0 Å². The molecule has 0 spiro atoms. The highest BCUT2D eigenvalue weighted by atomic mass is 16.7. The third kappa shape index (κ3) is 6.77. The van der Waals surface area contributed by atoms with Crippen LogP contribution < -0.4 is 5.11 Å². The highest BCUT2D eigenvalue weighted by molar-refractivity contribution is 5.73. The lowest BCUT2D eigenvalue weighted by Crippen LogP contribution is -2.69. The molecule has 34 heavy (non-hydrogen) atoms. The van der Waals surface area contributed by atoms with E-state index in [1.807, 2.05) is 30.3 Å². The van der Waals surface area contributed by atoms with Crippen molar-refractivity contribution in [1.29, 1.82) is 0 Å². The number of nitrogens with zero attached hydrogens (tertiary/aromatic N) is 1. The number of carbonyl (C=O) groups is 1. The predicted octanol–water partition coefficient (Wildman–Crippen LogP) is 2.28. The van der Waals surface area contributed by atoms with Crippen molar-refractivity contribution in [3.63, 3.8) is 0 Å². The summed E-state index contributed by atoms with van der Waals surface area (Å²) in [6.45, 7) is 2.95. The number of ether oxygens (including phenoxy) is 4. The number of amides is 1. The Kier molecular flexibility index (Phi) is 9.33. The summed E-state index contributed by atoms with van der Waals surface area (Å²) in [5.74, 6) is -0.235. The van der Waals surface area contributed by atoms with Crippen molar-refractivity contribution in [2.75, 3.05) is 19.8 Å². The van der Waals surface area contributed by atoms with E-state index < -0.39 is 36.9 Å². The molecule has 1 N–H and O–H groups in total. The van der Waals surface area contributed by atoms with Gasteiger partial charge < -0.3 is 34.1 Å². The molecule has 1 amide bonds. The predicted molar refractivity (Wildman–Crippen MR) is 123 cm³/mol. The number of carbonyl (C=O) groups excluding carboxylic acids is 1. The molecule has 0 radical (unpaired) electrons. The van der Waals surface area contributed by atoms with E-state index in [2.05, 4.69) is 0 Å². The van der Waals surface area contributed by atoms with Gasteiger partial charge in [-0.2, -0.15) is 0 Å². The average molecular weight is 477 g/mol. The van der Waals surface area contributed by atoms with Crippen molar-refractivity contribution >= 4 is 5.91 Å². The molecule has 8 nitrogen and oxygen atoms in total. The van der Waals surface area contributed by atoms with Crippen LogP contribution >= 0.6 is 0 Å². The van der Waals surface area contributed by atoms with E-state index in [-0.39, 0.29) is 12.5 Å². The number of epoxide rings is 1. The molecular weight excluding hydrogens is 438 g/mol. The molecule has 2 unspecified atom stereocenters. The number of unbranched alkanes of at least 4 members (excludes halogenated alkanes) is 6. The number of hydrogen-bond donors (Lipinski definition) is 1. The lowest BCUT2D eigenvalue weighted by molar-refractivity contribution is -0.532. The zero-order valence-electron chi connectivity index (χ0n) is 20.1. The van der Waals surface area contributed by atoms with E-state index in [9.17, 15) is 15.0 Å². The summed E-state index contributed by atoms with van der Waals surface area (Å²) in [6.07, 6.45) is 4.69. The highest BCUT2D eigenvalue weighted by Crippen LogP contribution is 2.34. The molecule has 4 rings (SSSR count). The van der Waals surface area contributed by atoms with Crippen LogP contribution in [0.15, 0.2) is 30.3 Å². The maximum atomic E-state index is 12.8. The summed E-state index contributed by atoms with van der Waals surface area (Å²) in [6, 6.07) is 8.47. The van der Waals surface area contributed by atoms with Crippen LogP contribution in [-0.4, -0.2) is 72.4 Å². The van der Waals surface area contributed by atoms with Crippen molar-refractivity contribution < 1.29 is 34.0 Å². The van der Waals surface area contributed by atoms with Crippen LogP contribution in [0.3, 0.4) is 0 Å². The number of aliphatic hydroxyl groups is 1. The summed E-state index contributed by atoms with van der Waals surface area (Å²) in [5, 5.41) is 24.0. The first-order valence-corrected chi connectivity index (χ1v) is 12.7. The van der Waals surface area contributed by atoms with E-state index in [0.717, 1.165) is 31.4 Å². The largest absolute Gasteiger partial charge is 0.829 e. The van der Waals surface area contributed by atoms with Gasteiger partial charge in [-0.3, -0.25) is 4.79 Å². The molecule has 3 heterocycles. The topological polar surface area (TPSA) is 104 Å². The Balaban J connectivity index is 1.25. The molecule has 1 aromatic rings. The maximum Gasteiger partial charge on any atom is 0.219 e. The zero-order valence-corrected chi connectivity index (χ0v) is 20.1. The standard InChI is InChI=1S/C26H38NO7/c1-18(28)27(15-11-6-4-2-3-5-10-14-20-16-31-20)22-23(29)24-21(33-25(22)30)17-32-26(34-24)19-12-8-7-9-13-19/h7-9,12-13,20-26,29H,2-6,10-11,14-17H2,1H3/q-1/t20?,21-,22-,23-,24-,25-,26?/m1/s1. The molecule has 3 saturated heterocycles. The summed E-state index contributed by atoms with van der Waals surface area (Å²) in [5.41, 5.74) is 0.832. The van der Waals surface area contributed by atoms with Crippen molar-refractivity contribution in [2.24, 2.45) is 0 Å². The van der Waals surface area contributed by atoms with Crippen LogP contribution in [0.4, 0.5) is 0 Å². The molecule has 1 aromatic carbocycles. The van der Waals surface area contributed by atoms with Crippen LogP contribution in [0.25, 0.3) is 0 Å². The van der Waals surface area contributed by atoms with E-state index >= 15 is 0 Å². The van der Waals surface area contributed by atoms with Gasteiger partial charge in [-0.05, 0) is 12.8 Å². The van der Waals surface area contributed by atoms with Gasteiger partial charge in [0.15, 0.2) is 6.29 Å². The molecule has 0 saturated carbocycles.